The van der Waals surface area contributed by atoms with Crippen LogP contribution in [0.15, 0.2) is 12.3 Å². The first-order valence-electron chi connectivity index (χ1n) is 2.13. The minimum atomic E-state index is 0.303. The van der Waals surface area contributed by atoms with Gasteiger partial charge in [-0.1, -0.05) is 0 Å². The first kappa shape index (κ1) is 4.24. The second-order valence-electron chi connectivity index (χ2n) is 1.54. The van der Waals surface area contributed by atoms with Crippen LogP contribution in [0.4, 0.5) is 0 Å². The number of rotatable bonds is 0. The Balaban J connectivity index is 3.04. The molecule has 0 radical (unpaired) electrons. The summed E-state index contributed by atoms with van der Waals surface area (Å²) in [5, 5.41) is 8.62. The van der Waals surface area contributed by atoms with Gasteiger partial charge in [0.1, 0.15) is 5.75 Å². The van der Waals surface area contributed by atoms with Gasteiger partial charge in [-0.15, -0.1) is 0 Å². The summed E-state index contributed by atoms with van der Waals surface area (Å²) in [5.41, 5.74) is 0.984. The lowest BCUT2D eigenvalue weighted by molar-refractivity contribution is 0.476. The predicted octanol–water partition coefficient (Wildman–Crippen LogP) is 1.03. The van der Waals surface area contributed by atoms with E-state index in [0.29, 0.717) is 5.75 Å². The highest BCUT2D eigenvalue weighted by atomic mass is 16.3. The monoisotopic (exact) mass is 97.1 g/mol. The summed E-state index contributed by atoms with van der Waals surface area (Å²) in [6.45, 7) is 1.89. The molecular formula is C5H7NO. The van der Waals surface area contributed by atoms with E-state index in [-0.39, 0.29) is 0 Å². The lowest BCUT2D eigenvalue weighted by Gasteiger charge is -1.71. The maximum atomic E-state index is 8.62. The molecule has 0 saturated carbocycles. The molecule has 0 unspecified atom stereocenters. The molecule has 1 heterocycles. The van der Waals surface area contributed by atoms with Crippen molar-refractivity contribution in [1.29, 1.82) is 0 Å². The second-order valence-corrected chi connectivity index (χ2v) is 1.54. The Morgan fingerprint density at radius 1 is 1.71 bits per heavy atom. The summed E-state index contributed by atoms with van der Waals surface area (Å²) in [4.78, 5) is 2.82. The molecule has 0 aliphatic heterocycles. The first-order chi connectivity index (χ1) is 3.29. The third kappa shape index (κ3) is 0.738. The molecule has 1 aromatic rings. The van der Waals surface area contributed by atoms with Crippen molar-refractivity contribution in [1.82, 2.24) is 4.98 Å². The summed E-state index contributed by atoms with van der Waals surface area (Å²) in [6, 6.07) is 1.67. The van der Waals surface area contributed by atoms with Crippen LogP contribution in [0.3, 0.4) is 0 Å². The van der Waals surface area contributed by atoms with E-state index in [0.717, 1.165) is 5.69 Å². The maximum Gasteiger partial charge on any atom is 0.133 e. The van der Waals surface area contributed by atoms with Crippen molar-refractivity contribution in [2.24, 2.45) is 0 Å². The van der Waals surface area contributed by atoms with Crippen molar-refractivity contribution in [2.45, 2.75) is 6.92 Å². The van der Waals surface area contributed by atoms with E-state index in [1.165, 1.54) is 0 Å². The molecule has 7 heavy (non-hydrogen) atoms. The van der Waals surface area contributed by atoms with Crippen molar-refractivity contribution in [3.8, 4) is 5.75 Å². The van der Waals surface area contributed by atoms with E-state index in [4.69, 9.17) is 5.11 Å². The van der Waals surface area contributed by atoms with Crippen LogP contribution in [-0.4, -0.2) is 10.1 Å². The summed E-state index contributed by atoms with van der Waals surface area (Å²) in [6.07, 6.45) is 1.55. The quantitative estimate of drug-likeness (QED) is 0.498. The Hall–Kier alpha value is -0.920. The van der Waals surface area contributed by atoms with Gasteiger partial charge in [-0.05, 0) is 6.92 Å². The summed E-state index contributed by atoms with van der Waals surface area (Å²) >= 11 is 0. The van der Waals surface area contributed by atoms with Crippen LogP contribution < -0.4 is 0 Å². The smallest absolute Gasteiger partial charge is 0.133 e. The van der Waals surface area contributed by atoms with Gasteiger partial charge in [0.2, 0.25) is 0 Å². The molecule has 0 aromatic carbocycles. The van der Waals surface area contributed by atoms with Crippen molar-refractivity contribution in [2.75, 3.05) is 0 Å². The molecule has 0 aliphatic carbocycles. The van der Waals surface area contributed by atoms with Gasteiger partial charge in [0, 0.05) is 18.0 Å². The summed E-state index contributed by atoms with van der Waals surface area (Å²) in [7, 11) is 0. The minimum absolute atomic E-state index is 0.303. The highest BCUT2D eigenvalue weighted by Crippen LogP contribution is 2.06. The predicted molar refractivity (Wildman–Crippen MR) is 27.2 cm³/mol. The number of aromatic amines is 1. The van der Waals surface area contributed by atoms with Gasteiger partial charge in [0.15, 0.2) is 0 Å². The van der Waals surface area contributed by atoms with Crippen LogP contribution in [0.5, 0.6) is 5.75 Å². The number of aryl methyl sites for hydroxylation is 1. The van der Waals surface area contributed by atoms with Crippen molar-refractivity contribution in [3.63, 3.8) is 0 Å². The molecule has 0 fully saturated rings. The van der Waals surface area contributed by atoms with Crippen LogP contribution in [0.1, 0.15) is 5.69 Å². The van der Waals surface area contributed by atoms with Gasteiger partial charge in [-0.3, -0.25) is 0 Å². The Bertz CT molecular complexity index is 140. The summed E-state index contributed by atoms with van der Waals surface area (Å²) < 4.78 is 0. The molecule has 0 amide bonds. The molecule has 0 bridgehead atoms. The van der Waals surface area contributed by atoms with Crippen LogP contribution >= 0.6 is 0 Å². The van der Waals surface area contributed by atoms with Gasteiger partial charge in [0.25, 0.3) is 0 Å². The van der Waals surface area contributed by atoms with E-state index >= 15 is 0 Å². The topological polar surface area (TPSA) is 36.0 Å². The largest absolute Gasteiger partial charge is 0.506 e. The van der Waals surface area contributed by atoms with E-state index < -0.39 is 0 Å². The normalized spacial score (nSPS) is 9.29. The fraction of sp³-hybridized carbons (Fsp3) is 0.200. The van der Waals surface area contributed by atoms with Gasteiger partial charge in [-0.25, -0.2) is 0 Å². The van der Waals surface area contributed by atoms with Crippen molar-refractivity contribution >= 4 is 0 Å². The van der Waals surface area contributed by atoms with Crippen LogP contribution in [0.25, 0.3) is 0 Å². The molecule has 1 rings (SSSR count). The molecule has 38 valence electrons. The molecule has 2 nitrogen and oxygen atoms in total. The fourth-order valence-corrected chi connectivity index (χ4v) is 0.493. The van der Waals surface area contributed by atoms with E-state index in [9.17, 15) is 0 Å². The zero-order valence-corrected chi connectivity index (χ0v) is 4.10. The number of H-pyrrole nitrogens is 1. The zero-order chi connectivity index (χ0) is 5.28. The van der Waals surface area contributed by atoms with E-state index in [1.54, 1.807) is 12.3 Å². The maximum absolute atomic E-state index is 8.62. The van der Waals surface area contributed by atoms with E-state index in [1.807, 2.05) is 6.92 Å². The van der Waals surface area contributed by atoms with Gasteiger partial charge in [0.05, 0.1) is 0 Å². The van der Waals surface area contributed by atoms with Gasteiger partial charge < -0.3 is 10.1 Å². The molecule has 0 atom stereocenters. The average molecular weight is 97.1 g/mol. The van der Waals surface area contributed by atoms with Crippen LogP contribution in [-0.2, 0) is 0 Å². The molecule has 0 aliphatic rings. The lowest BCUT2D eigenvalue weighted by Crippen LogP contribution is -1.59. The minimum Gasteiger partial charge on any atom is -0.506 e. The highest BCUT2D eigenvalue weighted by molar-refractivity contribution is 5.19. The number of nitrogens with one attached hydrogen (secondary N) is 1. The Labute approximate surface area is 41.8 Å². The number of aromatic nitrogens is 1. The van der Waals surface area contributed by atoms with Crippen molar-refractivity contribution < 1.29 is 5.11 Å². The standard InChI is InChI=1S/C5H7NO/c1-4-2-5(7)3-6-4/h2-3,6-7H,1H3. The Morgan fingerprint density at radius 3 is 2.57 bits per heavy atom. The molecule has 0 spiro atoms. The fourth-order valence-electron chi connectivity index (χ4n) is 0.493. The Morgan fingerprint density at radius 2 is 2.43 bits per heavy atom. The Kier molecular flexibility index (Phi) is 0.785. The molecule has 2 heteroatoms. The van der Waals surface area contributed by atoms with Gasteiger partial charge in [-0.2, -0.15) is 0 Å². The van der Waals surface area contributed by atoms with E-state index in [2.05, 4.69) is 4.98 Å². The molecule has 1 aromatic heterocycles. The van der Waals surface area contributed by atoms with Crippen molar-refractivity contribution in [3.05, 3.63) is 18.0 Å². The SMILES string of the molecule is Cc1cc(O)c[nH]1. The number of hydrogen-bond acceptors (Lipinski definition) is 1. The van der Waals surface area contributed by atoms with Crippen LogP contribution in [0, 0.1) is 6.92 Å². The summed E-state index contributed by atoms with van der Waals surface area (Å²) in [5.74, 6) is 0.303. The van der Waals surface area contributed by atoms with Gasteiger partial charge >= 0.3 is 0 Å². The third-order valence-electron chi connectivity index (χ3n) is 0.812. The third-order valence-corrected chi connectivity index (χ3v) is 0.812. The number of aromatic hydroxyl groups is 1. The average Bonchev–Trinajstić information content (AvgIpc) is 1.87. The van der Waals surface area contributed by atoms with Crippen LogP contribution in [0.2, 0.25) is 0 Å². The number of hydrogen-bond donors (Lipinski definition) is 2. The lowest BCUT2D eigenvalue weighted by atomic mass is 10.5. The second kappa shape index (κ2) is 1.30. The molecular weight excluding hydrogens is 90.1 g/mol. The molecule has 0 saturated heterocycles. The highest BCUT2D eigenvalue weighted by Gasteiger charge is 1.85. The molecule has 2 N–H and O–H groups in total. The first-order valence-corrected chi connectivity index (χ1v) is 2.13. The zero-order valence-electron chi connectivity index (χ0n) is 4.10.